The summed E-state index contributed by atoms with van der Waals surface area (Å²) in [5, 5.41) is 13.7. The summed E-state index contributed by atoms with van der Waals surface area (Å²) >= 11 is 0. The first-order chi connectivity index (χ1) is 12.6. The molecule has 0 fully saturated rings. The third-order valence-electron chi connectivity index (χ3n) is 3.29. The molecule has 0 saturated heterocycles. The second-order valence-corrected chi connectivity index (χ2v) is 5.21. The van der Waals surface area contributed by atoms with Crippen molar-refractivity contribution in [3.05, 3.63) is 65.7 Å². The van der Waals surface area contributed by atoms with E-state index in [2.05, 4.69) is 10.5 Å². The highest BCUT2D eigenvalue weighted by Gasteiger charge is 2.15. The van der Waals surface area contributed by atoms with Crippen molar-refractivity contribution < 1.29 is 24.2 Å². The van der Waals surface area contributed by atoms with E-state index in [0.717, 1.165) is 0 Å². The maximum atomic E-state index is 11.9. The number of aliphatic hydroxyl groups excluding tert-OH is 1. The molecule has 0 spiro atoms. The van der Waals surface area contributed by atoms with Gasteiger partial charge in [0.15, 0.2) is 12.7 Å². The summed E-state index contributed by atoms with van der Waals surface area (Å²) in [7, 11) is 0. The van der Waals surface area contributed by atoms with Gasteiger partial charge >= 0.3 is 5.97 Å². The Hall–Kier alpha value is -3.19. The predicted octanol–water partition coefficient (Wildman–Crippen LogP) is 1.81. The van der Waals surface area contributed by atoms with Crippen molar-refractivity contribution in [1.82, 2.24) is 5.43 Å². The molecular formula is C19H20N2O5. The quantitative estimate of drug-likeness (QED) is 0.427. The van der Waals surface area contributed by atoms with Gasteiger partial charge in [0.2, 0.25) is 0 Å². The van der Waals surface area contributed by atoms with E-state index < -0.39 is 18.0 Å². The second kappa shape index (κ2) is 9.95. The second-order valence-electron chi connectivity index (χ2n) is 5.21. The normalized spacial score (nSPS) is 11.8. The summed E-state index contributed by atoms with van der Waals surface area (Å²) < 4.78 is 10.0. The molecule has 2 aromatic carbocycles. The number of amides is 1. The van der Waals surface area contributed by atoms with Gasteiger partial charge in [-0.3, -0.25) is 4.79 Å². The van der Waals surface area contributed by atoms with Crippen LogP contribution in [0.15, 0.2) is 59.7 Å². The minimum atomic E-state index is -1.29. The Labute approximate surface area is 151 Å². The third-order valence-corrected chi connectivity index (χ3v) is 3.29. The van der Waals surface area contributed by atoms with E-state index in [1.54, 1.807) is 61.5 Å². The maximum absolute atomic E-state index is 11.9. The summed E-state index contributed by atoms with van der Waals surface area (Å²) in [5.41, 5.74) is 3.49. The van der Waals surface area contributed by atoms with E-state index in [9.17, 15) is 14.7 Å². The molecule has 0 heterocycles. The van der Waals surface area contributed by atoms with Gasteiger partial charge < -0.3 is 14.6 Å². The van der Waals surface area contributed by atoms with Crippen LogP contribution >= 0.6 is 0 Å². The number of nitrogens with zero attached hydrogens (tertiary/aromatic N) is 1. The number of carbonyl (C=O) groups is 2. The number of carbonyl (C=O) groups excluding carboxylic acids is 2. The van der Waals surface area contributed by atoms with Gasteiger partial charge in [-0.05, 0) is 42.3 Å². The van der Waals surface area contributed by atoms with Crippen molar-refractivity contribution >= 4 is 18.1 Å². The van der Waals surface area contributed by atoms with Crippen LogP contribution in [-0.4, -0.2) is 36.4 Å². The average molecular weight is 356 g/mol. The lowest BCUT2D eigenvalue weighted by Crippen LogP contribution is -2.25. The molecule has 7 heteroatoms. The van der Waals surface area contributed by atoms with Crippen LogP contribution < -0.4 is 10.2 Å². The number of hydrazone groups is 1. The summed E-state index contributed by atoms with van der Waals surface area (Å²) in [6, 6.07) is 15.3. The van der Waals surface area contributed by atoms with Crippen LogP contribution in [-0.2, 0) is 14.3 Å². The Morgan fingerprint density at radius 3 is 2.50 bits per heavy atom. The molecule has 26 heavy (non-hydrogen) atoms. The van der Waals surface area contributed by atoms with Crippen LogP contribution in [0.5, 0.6) is 5.75 Å². The molecule has 0 aliphatic rings. The van der Waals surface area contributed by atoms with Crippen LogP contribution in [0.2, 0.25) is 0 Å². The number of esters is 1. The lowest BCUT2D eigenvalue weighted by atomic mass is 10.1. The van der Waals surface area contributed by atoms with Gasteiger partial charge in [-0.1, -0.05) is 30.3 Å². The molecule has 0 saturated carbocycles. The number of benzene rings is 2. The molecule has 0 radical (unpaired) electrons. The van der Waals surface area contributed by atoms with E-state index in [1.807, 2.05) is 0 Å². The molecule has 136 valence electrons. The Morgan fingerprint density at radius 1 is 1.15 bits per heavy atom. The summed E-state index contributed by atoms with van der Waals surface area (Å²) in [6.45, 7) is 1.88. The van der Waals surface area contributed by atoms with E-state index in [-0.39, 0.29) is 6.61 Å². The van der Waals surface area contributed by atoms with Crippen LogP contribution in [0.1, 0.15) is 24.2 Å². The number of rotatable bonds is 8. The molecule has 0 aromatic heterocycles. The fourth-order valence-electron chi connectivity index (χ4n) is 2.01. The molecule has 1 atom stereocenters. The molecule has 2 aromatic rings. The largest absolute Gasteiger partial charge is 0.482 e. The van der Waals surface area contributed by atoms with Gasteiger partial charge in [0, 0.05) is 0 Å². The highest BCUT2D eigenvalue weighted by atomic mass is 16.6. The van der Waals surface area contributed by atoms with Gasteiger partial charge in [0.1, 0.15) is 5.75 Å². The van der Waals surface area contributed by atoms with E-state index in [0.29, 0.717) is 23.5 Å². The molecular weight excluding hydrogens is 336 g/mol. The molecule has 0 aliphatic carbocycles. The van der Waals surface area contributed by atoms with Crippen LogP contribution in [0.4, 0.5) is 0 Å². The maximum Gasteiger partial charge on any atom is 0.344 e. The molecule has 0 unspecified atom stereocenters. The first kappa shape index (κ1) is 19.1. The zero-order valence-electron chi connectivity index (χ0n) is 14.3. The van der Waals surface area contributed by atoms with Gasteiger partial charge in [-0.15, -0.1) is 0 Å². The number of aliphatic hydroxyl groups is 1. The Morgan fingerprint density at radius 2 is 1.85 bits per heavy atom. The minimum Gasteiger partial charge on any atom is -0.482 e. The first-order valence-corrected chi connectivity index (χ1v) is 8.04. The molecule has 2 rings (SSSR count). The summed E-state index contributed by atoms with van der Waals surface area (Å²) in [5.74, 6) is -0.543. The van der Waals surface area contributed by atoms with Crippen molar-refractivity contribution in [3.8, 4) is 5.75 Å². The smallest absolute Gasteiger partial charge is 0.344 e. The fraction of sp³-hybridized carbons (Fsp3) is 0.211. The van der Waals surface area contributed by atoms with Gasteiger partial charge in [-0.2, -0.15) is 5.10 Å². The molecule has 7 nitrogen and oxygen atoms in total. The lowest BCUT2D eigenvalue weighted by Gasteiger charge is -2.08. The zero-order chi connectivity index (χ0) is 18.8. The molecule has 0 aliphatic heterocycles. The first-order valence-electron chi connectivity index (χ1n) is 8.04. The third kappa shape index (κ3) is 6.03. The van der Waals surface area contributed by atoms with Crippen LogP contribution in [0, 0.1) is 0 Å². The van der Waals surface area contributed by atoms with Gasteiger partial charge in [-0.25, -0.2) is 10.2 Å². The lowest BCUT2D eigenvalue weighted by molar-refractivity contribution is -0.145. The zero-order valence-corrected chi connectivity index (χ0v) is 14.3. The fourth-order valence-corrected chi connectivity index (χ4v) is 2.01. The highest BCUT2D eigenvalue weighted by molar-refractivity contribution is 5.85. The minimum absolute atomic E-state index is 0.158. The number of ether oxygens (including phenoxy) is 2. The molecule has 2 N–H and O–H groups in total. The number of hydrogen-bond donors (Lipinski definition) is 2. The van der Waals surface area contributed by atoms with E-state index >= 15 is 0 Å². The molecule has 0 bridgehead atoms. The van der Waals surface area contributed by atoms with Crippen LogP contribution in [0.3, 0.4) is 0 Å². The van der Waals surface area contributed by atoms with Gasteiger partial charge in [0.25, 0.3) is 5.91 Å². The SMILES string of the molecule is CCOC(=O)COc1ccc(/C=N\NC(=O)[C@@H](O)c2ccccc2)cc1. The number of hydrogen-bond acceptors (Lipinski definition) is 6. The predicted molar refractivity (Wildman–Crippen MR) is 95.7 cm³/mol. The van der Waals surface area contributed by atoms with Gasteiger partial charge in [0.05, 0.1) is 12.8 Å². The van der Waals surface area contributed by atoms with Crippen molar-refractivity contribution in [2.24, 2.45) is 5.10 Å². The van der Waals surface area contributed by atoms with Crippen molar-refractivity contribution in [1.29, 1.82) is 0 Å². The molecule has 1 amide bonds. The van der Waals surface area contributed by atoms with Crippen LogP contribution in [0.25, 0.3) is 0 Å². The average Bonchev–Trinajstić information content (AvgIpc) is 2.67. The van der Waals surface area contributed by atoms with E-state index in [1.165, 1.54) is 6.21 Å². The van der Waals surface area contributed by atoms with Crippen molar-refractivity contribution in [3.63, 3.8) is 0 Å². The summed E-state index contributed by atoms with van der Waals surface area (Å²) in [6.07, 6.45) is 0.150. The Bertz CT molecular complexity index is 744. The monoisotopic (exact) mass is 356 g/mol. The van der Waals surface area contributed by atoms with Crippen molar-refractivity contribution in [2.75, 3.05) is 13.2 Å². The standard InChI is InChI=1S/C19H20N2O5/c1-2-25-17(22)13-26-16-10-8-14(9-11-16)12-20-21-19(24)18(23)15-6-4-3-5-7-15/h3-12,18,23H,2,13H2,1H3,(H,21,24)/b20-12-/t18-/m0/s1. The highest BCUT2D eigenvalue weighted by Crippen LogP contribution is 2.12. The topological polar surface area (TPSA) is 97.2 Å². The Kier molecular flexibility index (Phi) is 7.32. The Balaban J connectivity index is 1.82. The number of nitrogens with one attached hydrogen (secondary N) is 1. The van der Waals surface area contributed by atoms with Crippen molar-refractivity contribution in [2.45, 2.75) is 13.0 Å². The van der Waals surface area contributed by atoms with E-state index in [4.69, 9.17) is 9.47 Å². The summed E-state index contributed by atoms with van der Waals surface area (Å²) in [4.78, 5) is 23.1.